The fourth-order valence-electron chi connectivity index (χ4n) is 4.57. The average Bonchev–Trinajstić information content (AvgIpc) is 3.52. The van der Waals surface area contributed by atoms with E-state index in [1.807, 2.05) is 12.1 Å². The first-order valence-electron chi connectivity index (χ1n) is 12.1. The summed E-state index contributed by atoms with van der Waals surface area (Å²) in [6.45, 7) is 3.60. The normalized spacial score (nSPS) is 15.1. The average molecular weight is 545 g/mol. The molecule has 5 rings (SSSR count). The summed E-state index contributed by atoms with van der Waals surface area (Å²) in [4.78, 5) is 43.5. The Morgan fingerprint density at radius 3 is 2.62 bits per heavy atom. The molecule has 1 aliphatic rings. The molecule has 4 aromatic rings. The summed E-state index contributed by atoms with van der Waals surface area (Å²) in [5, 5.41) is 9.52. The first-order chi connectivity index (χ1) is 18.8. The molecule has 0 radical (unpaired) electrons. The molecule has 0 saturated heterocycles. The van der Waals surface area contributed by atoms with Crippen molar-refractivity contribution in [2.75, 3.05) is 13.7 Å². The van der Waals surface area contributed by atoms with E-state index in [1.165, 1.54) is 17.7 Å². The number of aromatic nitrogens is 1. The van der Waals surface area contributed by atoms with Crippen LogP contribution in [0.25, 0.3) is 17.4 Å². The van der Waals surface area contributed by atoms with Crippen LogP contribution in [0.3, 0.4) is 0 Å². The van der Waals surface area contributed by atoms with E-state index in [4.69, 9.17) is 13.9 Å². The number of fused-ring (bicyclic) bond motifs is 1. The highest BCUT2D eigenvalue weighted by molar-refractivity contribution is 7.07. The minimum absolute atomic E-state index is 0.108. The molecule has 0 aliphatic carbocycles. The molecule has 39 heavy (non-hydrogen) atoms. The summed E-state index contributed by atoms with van der Waals surface area (Å²) in [6, 6.07) is 16.2. The molecule has 10 heteroatoms. The van der Waals surface area contributed by atoms with Crippen molar-refractivity contribution in [2.45, 2.75) is 19.9 Å². The Hall–Kier alpha value is -4.70. The highest BCUT2D eigenvalue weighted by Crippen LogP contribution is 2.35. The molecule has 1 aliphatic heterocycles. The number of hydrogen-bond acceptors (Lipinski definition) is 8. The Morgan fingerprint density at radius 1 is 1.13 bits per heavy atom. The minimum atomic E-state index is -1.07. The van der Waals surface area contributed by atoms with E-state index < -0.39 is 18.0 Å². The molecule has 0 fully saturated rings. The van der Waals surface area contributed by atoms with Crippen molar-refractivity contribution in [1.29, 1.82) is 0 Å². The summed E-state index contributed by atoms with van der Waals surface area (Å²) in [5.74, 6) is -0.385. The second kappa shape index (κ2) is 10.6. The van der Waals surface area contributed by atoms with E-state index in [1.54, 1.807) is 62.4 Å². The third kappa shape index (κ3) is 4.70. The van der Waals surface area contributed by atoms with Gasteiger partial charge in [-0.1, -0.05) is 47.7 Å². The highest BCUT2D eigenvalue weighted by Gasteiger charge is 2.35. The monoisotopic (exact) mass is 544 g/mol. The number of allylic oxidation sites excluding steroid dienone is 1. The summed E-state index contributed by atoms with van der Waals surface area (Å²) >= 11 is 1.16. The van der Waals surface area contributed by atoms with Crippen LogP contribution in [0.5, 0.6) is 5.75 Å². The van der Waals surface area contributed by atoms with Crippen molar-refractivity contribution in [1.82, 2.24) is 4.57 Å². The lowest BCUT2D eigenvalue weighted by atomic mass is 9.95. The molecule has 198 valence electrons. The van der Waals surface area contributed by atoms with Crippen molar-refractivity contribution in [3.05, 3.63) is 109 Å². The van der Waals surface area contributed by atoms with Crippen LogP contribution in [0.4, 0.5) is 0 Å². The molecular weight excluding hydrogens is 520 g/mol. The van der Waals surface area contributed by atoms with Gasteiger partial charge in [0.2, 0.25) is 0 Å². The van der Waals surface area contributed by atoms with Crippen molar-refractivity contribution in [2.24, 2.45) is 4.99 Å². The van der Waals surface area contributed by atoms with Gasteiger partial charge in [-0.3, -0.25) is 9.36 Å². The molecule has 2 aromatic carbocycles. The van der Waals surface area contributed by atoms with Gasteiger partial charge in [0.05, 0.1) is 35.1 Å². The second-order valence-electron chi connectivity index (χ2n) is 8.60. The van der Waals surface area contributed by atoms with Gasteiger partial charge >= 0.3 is 11.9 Å². The number of benzene rings is 2. The van der Waals surface area contributed by atoms with E-state index in [0.29, 0.717) is 43.4 Å². The van der Waals surface area contributed by atoms with Gasteiger partial charge < -0.3 is 19.0 Å². The number of rotatable bonds is 7. The second-order valence-corrected chi connectivity index (χ2v) is 9.61. The summed E-state index contributed by atoms with van der Waals surface area (Å²) in [5.41, 5.74) is 1.49. The first-order valence-corrected chi connectivity index (χ1v) is 12.9. The fourth-order valence-corrected chi connectivity index (χ4v) is 5.59. The predicted molar refractivity (Wildman–Crippen MR) is 144 cm³/mol. The van der Waals surface area contributed by atoms with Crippen LogP contribution in [0.1, 0.15) is 41.6 Å². The molecule has 0 spiro atoms. The van der Waals surface area contributed by atoms with Crippen LogP contribution >= 0.6 is 11.3 Å². The summed E-state index contributed by atoms with van der Waals surface area (Å²) in [6.07, 6.45) is 1.58. The maximum absolute atomic E-state index is 13.8. The maximum atomic E-state index is 13.8. The molecule has 0 unspecified atom stereocenters. The fraction of sp³-hybridized carbons (Fsp3) is 0.172. The molecule has 0 amide bonds. The number of aromatic carboxylic acids is 1. The third-order valence-corrected chi connectivity index (χ3v) is 7.26. The molecule has 1 N–H and O–H groups in total. The molecule has 1 atom stereocenters. The van der Waals surface area contributed by atoms with Crippen molar-refractivity contribution in [3.63, 3.8) is 0 Å². The van der Waals surface area contributed by atoms with Crippen molar-refractivity contribution in [3.8, 4) is 17.1 Å². The van der Waals surface area contributed by atoms with E-state index in [0.717, 1.165) is 11.3 Å². The number of para-hydroxylation sites is 1. The van der Waals surface area contributed by atoms with E-state index in [-0.39, 0.29) is 23.3 Å². The topological polar surface area (TPSA) is 120 Å². The lowest BCUT2D eigenvalue weighted by Gasteiger charge is -2.25. The molecule has 3 heterocycles. The number of carboxylic acid groups (broad SMARTS) is 1. The predicted octanol–water partition coefficient (Wildman–Crippen LogP) is 3.77. The zero-order valence-corrected chi connectivity index (χ0v) is 22.2. The van der Waals surface area contributed by atoms with E-state index >= 15 is 0 Å². The number of thiazole rings is 1. The van der Waals surface area contributed by atoms with Crippen molar-refractivity contribution >= 4 is 29.4 Å². The minimum Gasteiger partial charge on any atom is -0.496 e. The van der Waals surface area contributed by atoms with E-state index in [9.17, 15) is 19.5 Å². The smallest absolute Gasteiger partial charge is 0.338 e. The number of carbonyl (C=O) groups is 2. The number of hydrogen-bond donors (Lipinski definition) is 1. The largest absolute Gasteiger partial charge is 0.496 e. The number of furan rings is 1. The Morgan fingerprint density at radius 2 is 1.87 bits per heavy atom. The number of methoxy groups -OCH3 is 1. The lowest BCUT2D eigenvalue weighted by Crippen LogP contribution is -2.40. The third-order valence-electron chi connectivity index (χ3n) is 6.27. The number of esters is 1. The van der Waals surface area contributed by atoms with Gasteiger partial charge in [-0.2, -0.15) is 0 Å². The van der Waals surface area contributed by atoms with Gasteiger partial charge in [0.25, 0.3) is 5.56 Å². The standard InChI is InChI=1S/C29H24N2O7S/c1-4-37-28(35)24-16(2)30-29-31(25(24)20-11-7-8-12-21(20)36-3)26(32)23(39-29)15-17-13-14-22(38-17)18-9-5-6-10-19(18)27(33)34/h5-15,25H,4H2,1-3H3,(H,33,34)/t25-/m0/s1. The zero-order chi connectivity index (χ0) is 27.7. The SMILES string of the molecule is CCOC(=O)C1=C(C)N=c2sc(=Cc3ccc(-c4ccccc4C(=O)O)o3)c(=O)n2[C@H]1c1ccccc1OC. The van der Waals surface area contributed by atoms with Crippen LogP contribution in [-0.4, -0.2) is 35.3 Å². The van der Waals surface area contributed by atoms with Gasteiger partial charge in [0.15, 0.2) is 4.80 Å². The van der Waals surface area contributed by atoms with Crippen LogP contribution in [0.2, 0.25) is 0 Å². The lowest BCUT2D eigenvalue weighted by molar-refractivity contribution is -0.139. The van der Waals surface area contributed by atoms with Crippen molar-refractivity contribution < 1.29 is 28.6 Å². The number of carbonyl (C=O) groups excluding carboxylic acids is 1. The van der Waals surface area contributed by atoms with Crippen LogP contribution in [0.15, 0.2) is 86.1 Å². The van der Waals surface area contributed by atoms with Gasteiger partial charge in [0, 0.05) is 17.2 Å². The Kier molecular flexibility index (Phi) is 7.03. The quantitative estimate of drug-likeness (QED) is 0.352. The Bertz CT molecular complexity index is 1810. The summed E-state index contributed by atoms with van der Waals surface area (Å²) < 4.78 is 18.6. The number of nitrogens with zero attached hydrogens (tertiary/aromatic N) is 2. The van der Waals surface area contributed by atoms with E-state index in [2.05, 4.69) is 4.99 Å². The van der Waals surface area contributed by atoms with Crippen LogP contribution < -0.4 is 19.6 Å². The molecule has 0 bridgehead atoms. The molecular formula is C29H24N2O7S. The van der Waals surface area contributed by atoms with Gasteiger partial charge in [0.1, 0.15) is 23.3 Å². The Balaban J connectivity index is 1.66. The molecule has 0 saturated carbocycles. The van der Waals surface area contributed by atoms with Gasteiger partial charge in [-0.15, -0.1) is 0 Å². The zero-order valence-electron chi connectivity index (χ0n) is 21.3. The highest BCUT2D eigenvalue weighted by atomic mass is 32.1. The molecule has 2 aromatic heterocycles. The van der Waals surface area contributed by atoms with Crippen LogP contribution in [0, 0.1) is 0 Å². The molecule has 9 nitrogen and oxygen atoms in total. The number of carboxylic acids is 1. The maximum Gasteiger partial charge on any atom is 0.338 e. The summed E-state index contributed by atoms with van der Waals surface area (Å²) in [7, 11) is 1.53. The first kappa shape index (κ1) is 25.9. The Labute approximate surface area is 226 Å². The van der Waals surface area contributed by atoms with Gasteiger partial charge in [-0.05, 0) is 38.1 Å². The number of ether oxygens (including phenoxy) is 2. The van der Waals surface area contributed by atoms with Crippen LogP contribution in [-0.2, 0) is 9.53 Å². The van der Waals surface area contributed by atoms with Gasteiger partial charge in [-0.25, -0.2) is 14.6 Å².